The van der Waals surface area contributed by atoms with Crippen molar-refractivity contribution in [2.24, 2.45) is 0 Å². The number of aromatic amines is 1. The molecule has 2 aromatic rings. The van der Waals surface area contributed by atoms with Gasteiger partial charge >= 0.3 is 5.97 Å². The van der Waals surface area contributed by atoms with Crippen LogP contribution in [-0.2, 0) is 4.74 Å². The van der Waals surface area contributed by atoms with Crippen molar-refractivity contribution in [1.29, 1.82) is 0 Å². The molecule has 1 aromatic heterocycles. The highest BCUT2D eigenvalue weighted by atomic mass is 16.5. The molecule has 1 fully saturated rings. The number of piperidine rings is 1. The van der Waals surface area contributed by atoms with Gasteiger partial charge in [-0.2, -0.15) is 0 Å². The Morgan fingerprint density at radius 3 is 2.34 bits per heavy atom. The van der Waals surface area contributed by atoms with E-state index in [1.54, 1.807) is 21.0 Å². The number of hydrogen-bond donors (Lipinski definition) is 2. The second kappa shape index (κ2) is 10.7. The Morgan fingerprint density at radius 1 is 1.09 bits per heavy atom. The molecule has 7 heteroatoms. The van der Waals surface area contributed by atoms with E-state index < -0.39 is 5.97 Å². The minimum atomic E-state index is -0.408. The maximum absolute atomic E-state index is 13.1. The van der Waals surface area contributed by atoms with Crippen LogP contribution in [0, 0.1) is 13.8 Å². The fourth-order valence-electron chi connectivity index (χ4n) is 4.35. The van der Waals surface area contributed by atoms with Crippen LogP contribution in [0.4, 0.5) is 0 Å². The van der Waals surface area contributed by atoms with E-state index in [0.717, 1.165) is 37.2 Å². The average molecular weight is 442 g/mol. The molecule has 32 heavy (non-hydrogen) atoms. The molecule has 1 saturated heterocycles. The zero-order valence-electron chi connectivity index (χ0n) is 19.8. The lowest BCUT2D eigenvalue weighted by molar-refractivity contribution is 0.0376. The molecule has 0 bridgehead atoms. The molecule has 2 N–H and O–H groups in total. The first-order valence-corrected chi connectivity index (χ1v) is 11.4. The summed E-state index contributed by atoms with van der Waals surface area (Å²) in [6, 6.07) is 8.12. The van der Waals surface area contributed by atoms with E-state index in [1.165, 1.54) is 6.42 Å². The molecule has 1 aromatic carbocycles. The van der Waals surface area contributed by atoms with Crippen molar-refractivity contribution >= 4 is 11.9 Å². The minimum Gasteiger partial charge on any atom is -0.497 e. The second-order valence-corrected chi connectivity index (χ2v) is 8.67. The quantitative estimate of drug-likeness (QED) is 0.601. The van der Waals surface area contributed by atoms with Crippen LogP contribution in [0.5, 0.6) is 5.75 Å². The van der Waals surface area contributed by atoms with Gasteiger partial charge in [0.15, 0.2) is 0 Å². The molecule has 1 atom stereocenters. The van der Waals surface area contributed by atoms with Gasteiger partial charge in [-0.3, -0.25) is 9.69 Å². The highest BCUT2D eigenvalue weighted by Gasteiger charge is 2.26. The maximum atomic E-state index is 13.1. The summed E-state index contributed by atoms with van der Waals surface area (Å²) in [7, 11) is 1.66. The number of methoxy groups -OCH3 is 1. The van der Waals surface area contributed by atoms with Gasteiger partial charge < -0.3 is 19.8 Å². The van der Waals surface area contributed by atoms with Gasteiger partial charge in [0.05, 0.1) is 24.8 Å². The number of nitrogens with zero attached hydrogens (tertiary/aromatic N) is 1. The summed E-state index contributed by atoms with van der Waals surface area (Å²) in [4.78, 5) is 31.0. The van der Waals surface area contributed by atoms with Crippen LogP contribution in [0.3, 0.4) is 0 Å². The lowest BCUT2D eigenvalue weighted by Crippen LogP contribution is -2.40. The van der Waals surface area contributed by atoms with E-state index in [4.69, 9.17) is 9.47 Å². The smallest absolute Gasteiger partial charge is 0.340 e. The number of carbonyl (C=O) groups is 2. The molecular weight excluding hydrogens is 406 g/mol. The standard InChI is InChI=1S/C25H35N3O4/c1-16(2)32-25(30)22-17(3)23(27-18(22)4)24(29)26-15-21(28-13-7-6-8-14-28)19-9-11-20(31-5)12-10-19/h9-12,16,21,27H,6-8,13-15H2,1-5H3,(H,26,29). The van der Waals surface area contributed by atoms with Gasteiger partial charge in [0.2, 0.25) is 0 Å². The molecule has 0 saturated carbocycles. The number of amides is 1. The van der Waals surface area contributed by atoms with Crippen molar-refractivity contribution in [2.75, 3.05) is 26.7 Å². The maximum Gasteiger partial charge on any atom is 0.340 e. The predicted molar refractivity (Wildman–Crippen MR) is 124 cm³/mol. The number of ether oxygens (including phenoxy) is 2. The SMILES string of the molecule is COc1ccc(C(CNC(=O)c2[nH]c(C)c(C(=O)OC(C)C)c2C)N2CCCCC2)cc1. The fourth-order valence-corrected chi connectivity index (χ4v) is 4.35. The Balaban J connectivity index is 1.77. The van der Waals surface area contributed by atoms with Gasteiger partial charge in [-0.1, -0.05) is 18.6 Å². The van der Waals surface area contributed by atoms with E-state index in [-0.39, 0.29) is 18.1 Å². The van der Waals surface area contributed by atoms with Crippen molar-refractivity contribution in [3.05, 3.63) is 52.3 Å². The molecule has 1 aliphatic rings. The second-order valence-electron chi connectivity index (χ2n) is 8.67. The molecule has 0 radical (unpaired) electrons. The molecule has 0 aliphatic carbocycles. The van der Waals surface area contributed by atoms with Crippen molar-refractivity contribution in [1.82, 2.24) is 15.2 Å². The first-order valence-electron chi connectivity index (χ1n) is 11.4. The van der Waals surface area contributed by atoms with Crippen molar-refractivity contribution in [3.63, 3.8) is 0 Å². The number of aryl methyl sites for hydroxylation is 1. The van der Waals surface area contributed by atoms with Crippen LogP contribution in [0.1, 0.15) is 76.8 Å². The van der Waals surface area contributed by atoms with Crippen molar-refractivity contribution in [3.8, 4) is 5.75 Å². The average Bonchev–Trinajstić information content (AvgIpc) is 3.08. The largest absolute Gasteiger partial charge is 0.497 e. The Kier molecular flexibility index (Phi) is 7.96. The summed E-state index contributed by atoms with van der Waals surface area (Å²) in [5, 5.41) is 3.09. The zero-order valence-corrected chi connectivity index (χ0v) is 19.8. The zero-order chi connectivity index (χ0) is 23.3. The molecule has 3 rings (SSSR count). The van der Waals surface area contributed by atoms with Gasteiger partial charge in [-0.15, -0.1) is 0 Å². The third kappa shape index (κ3) is 5.51. The first-order chi connectivity index (χ1) is 15.3. The fraction of sp³-hybridized carbons (Fsp3) is 0.520. The third-order valence-electron chi connectivity index (χ3n) is 6.00. The van der Waals surface area contributed by atoms with Crippen LogP contribution in [0.15, 0.2) is 24.3 Å². The van der Waals surface area contributed by atoms with Crippen LogP contribution >= 0.6 is 0 Å². The molecule has 1 amide bonds. The number of esters is 1. The number of nitrogens with one attached hydrogen (secondary N) is 2. The van der Waals surface area contributed by atoms with Gasteiger partial charge in [0.1, 0.15) is 11.4 Å². The Bertz CT molecular complexity index is 927. The van der Waals surface area contributed by atoms with Crippen LogP contribution in [-0.4, -0.2) is 54.6 Å². The molecule has 1 aliphatic heterocycles. The highest BCUT2D eigenvalue weighted by molar-refractivity contribution is 6.00. The van der Waals surface area contributed by atoms with Gasteiger partial charge in [-0.05, 0) is 76.9 Å². The molecule has 1 unspecified atom stereocenters. The van der Waals surface area contributed by atoms with Crippen molar-refractivity contribution < 1.29 is 19.1 Å². The summed E-state index contributed by atoms with van der Waals surface area (Å²) in [5.74, 6) is 0.188. The van der Waals surface area contributed by atoms with Crippen LogP contribution in [0.25, 0.3) is 0 Å². The Morgan fingerprint density at radius 2 is 1.75 bits per heavy atom. The van der Waals surface area contributed by atoms with E-state index in [1.807, 2.05) is 26.0 Å². The van der Waals surface area contributed by atoms with Crippen LogP contribution < -0.4 is 10.1 Å². The number of aromatic nitrogens is 1. The highest BCUT2D eigenvalue weighted by Crippen LogP contribution is 2.26. The van der Waals surface area contributed by atoms with Crippen LogP contribution in [0.2, 0.25) is 0 Å². The molecule has 2 heterocycles. The van der Waals surface area contributed by atoms with Gasteiger partial charge in [0.25, 0.3) is 5.91 Å². The number of hydrogen-bond acceptors (Lipinski definition) is 5. The molecule has 0 spiro atoms. The van der Waals surface area contributed by atoms with E-state index in [2.05, 4.69) is 27.3 Å². The summed E-state index contributed by atoms with van der Waals surface area (Å²) in [5.41, 5.74) is 3.25. The van der Waals surface area contributed by atoms with E-state index in [0.29, 0.717) is 29.1 Å². The van der Waals surface area contributed by atoms with Gasteiger partial charge in [0, 0.05) is 12.2 Å². The topological polar surface area (TPSA) is 83.7 Å². The summed E-state index contributed by atoms with van der Waals surface area (Å²) in [6.45, 7) is 9.69. The van der Waals surface area contributed by atoms with Crippen molar-refractivity contribution in [2.45, 2.75) is 59.1 Å². The number of H-pyrrole nitrogens is 1. The number of likely N-dealkylation sites (tertiary alicyclic amines) is 1. The monoisotopic (exact) mass is 441 g/mol. The number of rotatable bonds is 8. The minimum absolute atomic E-state index is 0.0758. The summed E-state index contributed by atoms with van der Waals surface area (Å²) >= 11 is 0. The normalized spacial score (nSPS) is 15.4. The van der Waals surface area contributed by atoms with E-state index in [9.17, 15) is 9.59 Å². The Labute approximate surface area is 190 Å². The van der Waals surface area contributed by atoms with E-state index >= 15 is 0 Å². The number of benzene rings is 1. The summed E-state index contributed by atoms with van der Waals surface area (Å²) < 4.78 is 10.6. The molecule has 174 valence electrons. The third-order valence-corrected chi connectivity index (χ3v) is 6.00. The predicted octanol–water partition coefficient (Wildman–Crippen LogP) is 4.16. The number of carbonyl (C=O) groups excluding carboxylic acids is 2. The summed E-state index contributed by atoms with van der Waals surface area (Å²) in [6.07, 6.45) is 3.35. The Hall–Kier alpha value is -2.80. The first kappa shape index (κ1) is 23.9. The lowest BCUT2D eigenvalue weighted by atomic mass is 10.0. The molecular formula is C25H35N3O4. The van der Waals surface area contributed by atoms with Gasteiger partial charge in [-0.25, -0.2) is 4.79 Å². The lowest BCUT2D eigenvalue weighted by Gasteiger charge is -2.35. The molecule has 7 nitrogen and oxygen atoms in total.